The summed E-state index contributed by atoms with van der Waals surface area (Å²) in [5.74, 6) is 0.0169. The molecule has 0 aliphatic carbocycles. The van der Waals surface area contributed by atoms with Gasteiger partial charge in [0.25, 0.3) is 15.9 Å². The number of thioether (sulfide) groups is 1. The molecule has 0 aliphatic rings. The molecule has 0 unspecified atom stereocenters. The summed E-state index contributed by atoms with van der Waals surface area (Å²) in [4.78, 5) is 13.8. The Bertz CT molecular complexity index is 1180. The minimum absolute atomic E-state index is 0.0268. The van der Waals surface area contributed by atoms with Crippen molar-refractivity contribution in [3.05, 3.63) is 77.9 Å². The average Bonchev–Trinajstić information content (AvgIpc) is 2.74. The second kappa shape index (κ2) is 9.23. The van der Waals surface area contributed by atoms with Gasteiger partial charge in [-0.1, -0.05) is 24.3 Å². The first-order chi connectivity index (χ1) is 14.3. The topological polar surface area (TPSA) is 84.5 Å². The van der Waals surface area contributed by atoms with Gasteiger partial charge in [-0.3, -0.25) is 9.52 Å². The summed E-state index contributed by atoms with van der Waals surface area (Å²) in [7, 11) is -2.46. The summed E-state index contributed by atoms with van der Waals surface area (Å²) in [6, 6.07) is 18.8. The number of hydrogen-bond donors (Lipinski definition) is 2. The van der Waals surface area contributed by atoms with E-state index in [1.807, 2.05) is 24.5 Å². The number of carbonyl (C=O) groups excluding carboxylic acids is 1. The highest BCUT2D eigenvalue weighted by Gasteiger charge is 2.21. The molecule has 0 saturated heterocycles. The highest BCUT2D eigenvalue weighted by molar-refractivity contribution is 7.98. The van der Waals surface area contributed by atoms with Crippen LogP contribution in [0.2, 0.25) is 0 Å². The molecule has 3 rings (SSSR count). The number of amides is 1. The number of methoxy groups -OCH3 is 1. The van der Waals surface area contributed by atoms with E-state index in [4.69, 9.17) is 4.74 Å². The SMILES string of the molecule is COc1ccccc1NS(=O)(=O)c1cc(C(=O)Nc2cccc(SC)c2)ccc1C. The molecular weight excluding hydrogens is 420 g/mol. The molecule has 0 atom stereocenters. The van der Waals surface area contributed by atoms with Gasteiger partial charge in [0.2, 0.25) is 0 Å². The third-order valence-corrected chi connectivity index (χ3v) is 6.65. The highest BCUT2D eigenvalue weighted by Crippen LogP contribution is 2.28. The number of sulfonamides is 1. The van der Waals surface area contributed by atoms with Gasteiger partial charge in [0.15, 0.2) is 0 Å². The van der Waals surface area contributed by atoms with E-state index in [0.29, 0.717) is 22.7 Å². The Morgan fingerprint density at radius 1 is 1.00 bits per heavy atom. The maximum absolute atomic E-state index is 13.0. The number of aryl methyl sites for hydroxylation is 1. The van der Waals surface area contributed by atoms with Crippen LogP contribution in [0.15, 0.2) is 76.5 Å². The molecule has 6 nitrogen and oxygen atoms in total. The molecule has 0 fully saturated rings. The first-order valence-corrected chi connectivity index (χ1v) is 11.8. The zero-order chi connectivity index (χ0) is 21.7. The highest BCUT2D eigenvalue weighted by atomic mass is 32.2. The van der Waals surface area contributed by atoms with E-state index in [1.54, 1.807) is 61.2 Å². The lowest BCUT2D eigenvalue weighted by atomic mass is 10.1. The summed E-state index contributed by atoms with van der Waals surface area (Å²) in [5.41, 5.74) is 1.74. The van der Waals surface area contributed by atoms with E-state index in [0.717, 1.165) is 4.90 Å². The van der Waals surface area contributed by atoms with Crippen LogP contribution in [0.5, 0.6) is 5.75 Å². The van der Waals surface area contributed by atoms with Crippen LogP contribution in [0.1, 0.15) is 15.9 Å². The lowest BCUT2D eigenvalue weighted by Gasteiger charge is -2.14. The molecule has 0 saturated carbocycles. The number of para-hydroxylation sites is 2. The van der Waals surface area contributed by atoms with E-state index >= 15 is 0 Å². The zero-order valence-corrected chi connectivity index (χ0v) is 18.4. The quantitative estimate of drug-likeness (QED) is 0.515. The Balaban J connectivity index is 1.89. The van der Waals surface area contributed by atoms with Gasteiger partial charge < -0.3 is 10.1 Å². The summed E-state index contributed by atoms with van der Waals surface area (Å²) in [6.07, 6.45) is 1.95. The van der Waals surface area contributed by atoms with Crippen LogP contribution in [0.25, 0.3) is 0 Å². The van der Waals surface area contributed by atoms with Crippen molar-refractivity contribution in [1.29, 1.82) is 0 Å². The van der Waals surface area contributed by atoms with Crippen LogP contribution < -0.4 is 14.8 Å². The zero-order valence-electron chi connectivity index (χ0n) is 16.8. The number of anilines is 2. The smallest absolute Gasteiger partial charge is 0.262 e. The van der Waals surface area contributed by atoms with Crippen molar-refractivity contribution in [3.8, 4) is 5.75 Å². The predicted molar refractivity (Wildman–Crippen MR) is 121 cm³/mol. The molecule has 0 aliphatic heterocycles. The third-order valence-electron chi connectivity index (χ3n) is 4.42. The van der Waals surface area contributed by atoms with E-state index in [1.165, 1.54) is 13.2 Å². The lowest BCUT2D eigenvalue weighted by molar-refractivity contribution is 0.102. The number of ether oxygens (including phenoxy) is 1. The largest absolute Gasteiger partial charge is 0.495 e. The summed E-state index contributed by atoms with van der Waals surface area (Å²) < 4.78 is 33.8. The fourth-order valence-corrected chi connectivity index (χ4v) is 4.67. The third kappa shape index (κ3) is 4.95. The molecule has 1 amide bonds. The molecule has 3 aromatic carbocycles. The number of benzene rings is 3. The molecule has 30 heavy (non-hydrogen) atoms. The van der Waals surface area contributed by atoms with Crippen molar-refractivity contribution in [2.24, 2.45) is 0 Å². The average molecular weight is 443 g/mol. The van der Waals surface area contributed by atoms with E-state index in [2.05, 4.69) is 10.0 Å². The van der Waals surface area contributed by atoms with Gasteiger partial charge in [0, 0.05) is 16.1 Å². The van der Waals surface area contributed by atoms with E-state index in [-0.39, 0.29) is 16.4 Å². The van der Waals surface area contributed by atoms with Crippen LogP contribution in [-0.4, -0.2) is 27.7 Å². The van der Waals surface area contributed by atoms with Crippen LogP contribution in [0.4, 0.5) is 11.4 Å². The summed E-state index contributed by atoms with van der Waals surface area (Å²) in [5, 5.41) is 2.81. The van der Waals surface area contributed by atoms with Gasteiger partial charge in [0.1, 0.15) is 5.75 Å². The Morgan fingerprint density at radius 2 is 1.77 bits per heavy atom. The maximum Gasteiger partial charge on any atom is 0.262 e. The van der Waals surface area contributed by atoms with Crippen molar-refractivity contribution < 1.29 is 17.9 Å². The van der Waals surface area contributed by atoms with Crippen molar-refractivity contribution >= 4 is 39.1 Å². The standard InChI is InChI=1S/C22H22N2O4S2/c1-15-11-12-16(22(25)23-17-7-6-8-18(14-17)29-3)13-21(15)30(26,27)24-19-9-4-5-10-20(19)28-2/h4-14,24H,1-3H3,(H,23,25). The lowest BCUT2D eigenvalue weighted by Crippen LogP contribution is -2.17. The predicted octanol–water partition coefficient (Wildman–Crippen LogP) is 4.78. The van der Waals surface area contributed by atoms with Crippen LogP contribution in [-0.2, 0) is 10.0 Å². The van der Waals surface area contributed by atoms with Gasteiger partial charge in [-0.2, -0.15) is 0 Å². The van der Waals surface area contributed by atoms with E-state index in [9.17, 15) is 13.2 Å². The van der Waals surface area contributed by atoms with Crippen LogP contribution in [0, 0.1) is 6.92 Å². The van der Waals surface area contributed by atoms with Gasteiger partial charge in [-0.25, -0.2) is 8.42 Å². The normalized spacial score (nSPS) is 11.0. The van der Waals surface area contributed by atoms with Crippen molar-refractivity contribution in [1.82, 2.24) is 0 Å². The minimum Gasteiger partial charge on any atom is -0.495 e. The Morgan fingerprint density at radius 3 is 2.50 bits per heavy atom. The van der Waals surface area contributed by atoms with Crippen molar-refractivity contribution in [3.63, 3.8) is 0 Å². The molecule has 156 valence electrons. The van der Waals surface area contributed by atoms with Crippen molar-refractivity contribution in [2.75, 3.05) is 23.4 Å². The molecule has 0 aromatic heterocycles. The van der Waals surface area contributed by atoms with E-state index < -0.39 is 10.0 Å². The second-order valence-electron chi connectivity index (χ2n) is 6.47. The Hall–Kier alpha value is -2.97. The van der Waals surface area contributed by atoms with Gasteiger partial charge in [-0.05, 0) is 61.2 Å². The molecule has 3 aromatic rings. The molecule has 8 heteroatoms. The fraction of sp³-hybridized carbons (Fsp3) is 0.136. The maximum atomic E-state index is 13.0. The van der Waals surface area contributed by atoms with Gasteiger partial charge >= 0.3 is 0 Å². The fourth-order valence-electron chi connectivity index (χ4n) is 2.86. The molecule has 0 radical (unpaired) electrons. The summed E-state index contributed by atoms with van der Waals surface area (Å²) in [6.45, 7) is 1.68. The van der Waals surface area contributed by atoms with Gasteiger partial charge in [-0.15, -0.1) is 11.8 Å². The van der Waals surface area contributed by atoms with Crippen LogP contribution >= 0.6 is 11.8 Å². The number of hydrogen-bond acceptors (Lipinski definition) is 5. The van der Waals surface area contributed by atoms with Crippen molar-refractivity contribution in [2.45, 2.75) is 16.7 Å². The molecular formula is C22H22N2O4S2. The second-order valence-corrected chi connectivity index (χ2v) is 9.00. The van der Waals surface area contributed by atoms with Gasteiger partial charge in [0.05, 0.1) is 17.7 Å². The summed E-state index contributed by atoms with van der Waals surface area (Å²) >= 11 is 1.57. The Labute approximate surface area is 180 Å². The Kier molecular flexibility index (Phi) is 6.69. The monoisotopic (exact) mass is 442 g/mol. The molecule has 0 spiro atoms. The number of nitrogens with one attached hydrogen (secondary N) is 2. The first kappa shape index (κ1) is 21.7. The molecule has 0 heterocycles. The van der Waals surface area contributed by atoms with Crippen LogP contribution in [0.3, 0.4) is 0 Å². The number of rotatable bonds is 7. The number of carbonyl (C=O) groups is 1. The first-order valence-electron chi connectivity index (χ1n) is 9.06. The molecule has 2 N–H and O–H groups in total. The minimum atomic E-state index is -3.93. The molecule has 0 bridgehead atoms.